The molecule has 28 heavy (non-hydrogen) atoms. The average Bonchev–Trinajstić information content (AvgIpc) is 2.72. The lowest BCUT2D eigenvalue weighted by molar-refractivity contribution is 0.0613. The van der Waals surface area contributed by atoms with Gasteiger partial charge in [0.2, 0.25) is 0 Å². The minimum Gasteiger partial charge on any atom is -0.477 e. The Bertz CT molecular complexity index is 1040. The third-order valence-corrected chi connectivity index (χ3v) is 5.75. The molecule has 1 aliphatic rings. The van der Waals surface area contributed by atoms with E-state index in [0.29, 0.717) is 12.3 Å². The first kappa shape index (κ1) is 18.8. The molecule has 0 radical (unpaired) electrons. The van der Waals surface area contributed by atoms with E-state index in [1.54, 1.807) is 6.07 Å². The molecule has 0 bridgehead atoms. The molecule has 4 heteroatoms. The Balaban J connectivity index is 1.74. The summed E-state index contributed by atoms with van der Waals surface area (Å²) in [6.07, 6.45) is 3.04. The van der Waals surface area contributed by atoms with E-state index in [4.69, 9.17) is 9.15 Å². The molecule has 1 aromatic heterocycles. The number of unbranched alkanes of at least 4 members (excludes halogenated alkanes) is 1. The van der Waals surface area contributed by atoms with Crippen LogP contribution in [0.1, 0.15) is 55.0 Å². The van der Waals surface area contributed by atoms with Crippen molar-refractivity contribution < 1.29 is 9.15 Å². The van der Waals surface area contributed by atoms with Crippen LogP contribution in [0.2, 0.25) is 0 Å². The summed E-state index contributed by atoms with van der Waals surface area (Å²) < 4.78 is 11.7. The molecule has 0 saturated carbocycles. The lowest BCUT2D eigenvalue weighted by Gasteiger charge is -2.34. The summed E-state index contributed by atoms with van der Waals surface area (Å²) in [4.78, 5) is 14.4. The Labute approximate surface area is 165 Å². The first-order chi connectivity index (χ1) is 13.6. The average molecular weight is 377 g/mol. The van der Waals surface area contributed by atoms with Crippen LogP contribution in [-0.4, -0.2) is 11.6 Å². The SMILES string of the molecule is CCCCc1cc(=O)oc2c(C)c3c(cc12)CN([C@H](C)c1ccccc1)CO3. The summed E-state index contributed by atoms with van der Waals surface area (Å²) in [6.45, 7) is 7.70. The van der Waals surface area contributed by atoms with E-state index >= 15 is 0 Å². The fraction of sp³-hybridized carbons (Fsp3) is 0.375. The van der Waals surface area contributed by atoms with Gasteiger partial charge in [-0.1, -0.05) is 43.7 Å². The number of hydrogen-bond donors (Lipinski definition) is 0. The predicted octanol–water partition coefficient (Wildman–Crippen LogP) is 5.36. The van der Waals surface area contributed by atoms with E-state index < -0.39 is 0 Å². The third kappa shape index (κ3) is 3.45. The molecule has 2 heterocycles. The molecule has 0 N–H and O–H groups in total. The molecule has 0 fully saturated rings. The van der Waals surface area contributed by atoms with Gasteiger partial charge in [-0.25, -0.2) is 4.79 Å². The van der Waals surface area contributed by atoms with E-state index in [9.17, 15) is 4.79 Å². The van der Waals surface area contributed by atoms with E-state index in [1.807, 2.05) is 13.0 Å². The number of benzene rings is 2. The van der Waals surface area contributed by atoms with Crippen LogP contribution in [0.25, 0.3) is 11.0 Å². The zero-order valence-electron chi connectivity index (χ0n) is 16.8. The van der Waals surface area contributed by atoms with Gasteiger partial charge >= 0.3 is 5.63 Å². The van der Waals surface area contributed by atoms with Crippen LogP contribution in [0.5, 0.6) is 5.75 Å². The number of aryl methyl sites for hydroxylation is 2. The van der Waals surface area contributed by atoms with Crippen LogP contribution in [0.4, 0.5) is 0 Å². The maximum absolute atomic E-state index is 12.1. The smallest absolute Gasteiger partial charge is 0.336 e. The molecule has 4 nitrogen and oxygen atoms in total. The molecule has 146 valence electrons. The maximum atomic E-state index is 12.1. The minimum absolute atomic E-state index is 0.263. The van der Waals surface area contributed by atoms with Gasteiger partial charge in [0.15, 0.2) is 0 Å². The lowest BCUT2D eigenvalue weighted by atomic mass is 9.97. The van der Waals surface area contributed by atoms with Crippen LogP contribution in [0, 0.1) is 6.92 Å². The molecule has 0 amide bonds. The molecule has 0 unspecified atom stereocenters. The van der Waals surface area contributed by atoms with Crippen molar-refractivity contribution in [2.75, 3.05) is 6.73 Å². The Kier molecular flexibility index (Phi) is 5.23. The first-order valence-electron chi connectivity index (χ1n) is 10.1. The van der Waals surface area contributed by atoms with Gasteiger partial charge < -0.3 is 9.15 Å². The molecular formula is C24H27NO3. The third-order valence-electron chi connectivity index (χ3n) is 5.75. The zero-order chi connectivity index (χ0) is 19.7. The lowest BCUT2D eigenvalue weighted by Crippen LogP contribution is -2.34. The van der Waals surface area contributed by atoms with Crippen LogP contribution in [-0.2, 0) is 13.0 Å². The second-order valence-corrected chi connectivity index (χ2v) is 7.67. The van der Waals surface area contributed by atoms with Crippen molar-refractivity contribution in [1.82, 2.24) is 4.90 Å². The summed E-state index contributed by atoms with van der Waals surface area (Å²) in [5, 5.41) is 1.04. The fourth-order valence-corrected chi connectivity index (χ4v) is 4.07. The highest BCUT2D eigenvalue weighted by atomic mass is 16.5. The molecule has 0 aliphatic carbocycles. The van der Waals surface area contributed by atoms with Crippen molar-refractivity contribution in [3.05, 3.63) is 75.1 Å². The van der Waals surface area contributed by atoms with Crippen LogP contribution < -0.4 is 10.4 Å². The normalized spacial score (nSPS) is 15.2. The summed E-state index contributed by atoms with van der Waals surface area (Å²) in [5.41, 5.74) is 4.83. The van der Waals surface area contributed by atoms with E-state index in [2.05, 4.69) is 49.1 Å². The van der Waals surface area contributed by atoms with Gasteiger partial charge in [-0.2, -0.15) is 0 Å². The standard InChI is InChI=1S/C24H27NO3/c1-4-5-9-19-13-22(26)28-24-16(2)23-20(12-21(19)24)14-25(15-27-23)17(3)18-10-7-6-8-11-18/h6-8,10-13,17H,4-5,9,14-15H2,1-3H3/t17-/m1/s1. The zero-order valence-corrected chi connectivity index (χ0v) is 16.8. The summed E-state index contributed by atoms with van der Waals surface area (Å²) in [5.74, 6) is 0.861. The molecule has 1 atom stereocenters. The number of nitrogens with zero attached hydrogens (tertiary/aromatic N) is 1. The van der Waals surface area contributed by atoms with Crippen molar-refractivity contribution in [3.8, 4) is 5.75 Å². The Morgan fingerprint density at radius 2 is 1.96 bits per heavy atom. The van der Waals surface area contributed by atoms with Gasteiger partial charge in [0.25, 0.3) is 0 Å². The van der Waals surface area contributed by atoms with Crippen LogP contribution in [0.3, 0.4) is 0 Å². The first-order valence-corrected chi connectivity index (χ1v) is 10.1. The Morgan fingerprint density at radius 3 is 2.71 bits per heavy atom. The molecule has 0 spiro atoms. The van der Waals surface area contributed by atoms with E-state index in [0.717, 1.165) is 53.6 Å². The monoisotopic (exact) mass is 377 g/mol. The highest BCUT2D eigenvalue weighted by molar-refractivity contribution is 5.86. The topological polar surface area (TPSA) is 42.7 Å². The van der Waals surface area contributed by atoms with E-state index in [1.165, 1.54) is 5.56 Å². The van der Waals surface area contributed by atoms with Gasteiger partial charge in [-0.3, -0.25) is 4.90 Å². The Morgan fingerprint density at radius 1 is 1.18 bits per heavy atom. The molecule has 0 saturated heterocycles. The minimum atomic E-state index is -0.281. The number of ether oxygens (including phenoxy) is 1. The molecule has 1 aliphatic heterocycles. The Hall–Kier alpha value is -2.59. The summed E-state index contributed by atoms with van der Waals surface area (Å²) >= 11 is 0. The fourth-order valence-electron chi connectivity index (χ4n) is 4.07. The molecule has 2 aromatic carbocycles. The van der Waals surface area contributed by atoms with Gasteiger partial charge in [0, 0.05) is 35.2 Å². The second kappa shape index (κ2) is 7.80. The van der Waals surface area contributed by atoms with Crippen LogP contribution >= 0.6 is 0 Å². The van der Waals surface area contributed by atoms with Gasteiger partial charge in [0.1, 0.15) is 18.1 Å². The van der Waals surface area contributed by atoms with Gasteiger partial charge in [-0.05, 0) is 43.9 Å². The number of hydrogen-bond acceptors (Lipinski definition) is 4. The van der Waals surface area contributed by atoms with Crippen molar-refractivity contribution >= 4 is 11.0 Å². The molecule has 4 rings (SSSR count). The van der Waals surface area contributed by atoms with Crippen molar-refractivity contribution in [2.24, 2.45) is 0 Å². The second-order valence-electron chi connectivity index (χ2n) is 7.67. The van der Waals surface area contributed by atoms with Gasteiger partial charge in [-0.15, -0.1) is 0 Å². The quantitative estimate of drug-likeness (QED) is 0.562. The molecule has 3 aromatic rings. The van der Waals surface area contributed by atoms with Crippen molar-refractivity contribution in [3.63, 3.8) is 0 Å². The highest BCUT2D eigenvalue weighted by Crippen LogP contribution is 2.37. The largest absolute Gasteiger partial charge is 0.477 e. The highest BCUT2D eigenvalue weighted by Gasteiger charge is 2.26. The molecular weight excluding hydrogens is 350 g/mol. The summed E-state index contributed by atoms with van der Waals surface area (Å²) in [7, 11) is 0. The summed E-state index contributed by atoms with van der Waals surface area (Å²) in [6, 6.07) is 14.6. The van der Waals surface area contributed by atoms with Crippen LogP contribution in [0.15, 0.2) is 51.7 Å². The number of fused-ring (bicyclic) bond motifs is 2. The predicted molar refractivity (Wildman–Crippen MR) is 112 cm³/mol. The van der Waals surface area contributed by atoms with Crippen molar-refractivity contribution in [1.29, 1.82) is 0 Å². The number of rotatable bonds is 5. The van der Waals surface area contributed by atoms with Gasteiger partial charge in [0.05, 0.1) is 0 Å². The van der Waals surface area contributed by atoms with Crippen molar-refractivity contribution in [2.45, 2.75) is 52.6 Å². The van der Waals surface area contributed by atoms with E-state index in [-0.39, 0.29) is 11.7 Å². The maximum Gasteiger partial charge on any atom is 0.336 e.